The molecule has 2 saturated heterocycles. The zero-order chi connectivity index (χ0) is 23.2. The molecule has 1 saturated carbocycles. The summed E-state index contributed by atoms with van der Waals surface area (Å²) in [6.45, 7) is 4.75. The van der Waals surface area contributed by atoms with E-state index in [0.29, 0.717) is 35.6 Å². The van der Waals surface area contributed by atoms with Gasteiger partial charge in [-0.05, 0) is 55.9 Å². The maximum Gasteiger partial charge on any atom is 0.275 e. The van der Waals surface area contributed by atoms with E-state index in [2.05, 4.69) is 32.4 Å². The van der Waals surface area contributed by atoms with Gasteiger partial charge in [0, 0.05) is 18.3 Å². The largest absolute Gasteiger partial charge is 0.367 e. The molecule has 3 fully saturated rings. The van der Waals surface area contributed by atoms with E-state index in [1.54, 1.807) is 18.6 Å². The topological polar surface area (TPSA) is 102 Å². The molecular formula is C25H26N8O. The summed E-state index contributed by atoms with van der Waals surface area (Å²) >= 11 is 0. The van der Waals surface area contributed by atoms with Crippen molar-refractivity contribution < 1.29 is 4.79 Å². The lowest BCUT2D eigenvalue weighted by atomic mass is 9.64. The van der Waals surface area contributed by atoms with Crippen molar-refractivity contribution in [1.29, 1.82) is 0 Å². The van der Waals surface area contributed by atoms with Gasteiger partial charge >= 0.3 is 0 Å². The van der Waals surface area contributed by atoms with Crippen molar-refractivity contribution in [2.45, 2.75) is 38.8 Å². The lowest BCUT2D eigenvalue weighted by Gasteiger charge is -2.57. The van der Waals surface area contributed by atoms with Crippen LogP contribution in [0.2, 0.25) is 0 Å². The Bertz CT molecular complexity index is 1350. The fourth-order valence-corrected chi connectivity index (χ4v) is 5.31. The second-order valence-corrected chi connectivity index (χ2v) is 9.29. The number of fused-ring (bicyclic) bond motifs is 3. The number of piperidine rings is 2. The molecule has 1 amide bonds. The number of nitrogens with one attached hydrogen (secondary N) is 1. The van der Waals surface area contributed by atoms with Crippen LogP contribution in [0.4, 0.5) is 5.82 Å². The Balaban J connectivity index is 1.30. The van der Waals surface area contributed by atoms with Crippen molar-refractivity contribution in [3.63, 3.8) is 0 Å². The second-order valence-electron chi connectivity index (χ2n) is 9.29. The number of carbonyl (C=O) groups is 1. The van der Waals surface area contributed by atoms with Gasteiger partial charge in [-0.1, -0.05) is 19.1 Å². The summed E-state index contributed by atoms with van der Waals surface area (Å²) in [7, 11) is 0. The Kier molecular flexibility index (Phi) is 4.97. The number of para-hydroxylation sites is 2. The molecule has 1 aliphatic carbocycles. The van der Waals surface area contributed by atoms with Gasteiger partial charge in [0.15, 0.2) is 5.69 Å². The first-order chi connectivity index (χ1) is 16.6. The fraction of sp³-hybridized carbons (Fsp3) is 0.360. The number of nitrogens with zero attached hydrogens (tertiary/aromatic N) is 7. The highest BCUT2D eigenvalue weighted by atomic mass is 16.2. The zero-order valence-corrected chi connectivity index (χ0v) is 19.2. The van der Waals surface area contributed by atoms with Crippen LogP contribution in [0.1, 0.15) is 35.9 Å². The molecule has 2 bridgehead atoms. The Morgan fingerprint density at radius 3 is 2.62 bits per heavy atom. The van der Waals surface area contributed by atoms with Crippen LogP contribution < -0.4 is 5.32 Å². The van der Waals surface area contributed by atoms with Crippen molar-refractivity contribution in [1.82, 2.24) is 34.8 Å². The predicted molar refractivity (Wildman–Crippen MR) is 128 cm³/mol. The molecule has 0 radical (unpaired) electrons. The third-order valence-corrected chi connectivity index (χ3v) is 7.28. The number of benzene rings is 1. The molecule has 0 spiro atoms. The normalized spacial score (nSPS) is 23.5. The average Bonchev–Trinajstić information content (AvgIpc) is 3.36. The second kappa shape index (κ2) is 8.16. The molecule has 4 aromatic rings. The number of carbonyl (C=O) groups excluding carboxylic acids is 1. The van der Waals surface area contributed by atoms with Gasteiger partial charge < -0.3 is 10.2 Å². The van der Waals surface area contributed by atoms with Crippen LogP contribution >= 0.6 is 0 Å². The van der Waals surface area contributed by atoms with Gasteiger partial charge in [0.1, 0.15) is 11.5 Å². The Hall–Kier alpha value is -3.88. The van der Waals surface area contributed by atoms with Crippen LogP contribution in [0.3, 0.4) is 0 Å². The van der Waals surface area contributed by atoms with E-state index in [0.717, 1.165) is 29.6 Å². The number of aryl methyl sites for hydroxylation is 1. The minimum atomic E-state index is -0.0672. The first-order valence-electron chi connectivity index (χ1n) is 11.7. The molecular weight excluding hydrogens is 428 g/mol. The maximum absolute atomic E-state index is 14.0. The SMILES string of the molecule is Cc1ccc(-n2nccn2)c(C(=O)N2C3CC(C3)C(C)[C@H]2CNc2cnc3ccccc3n2)n1. The van der Waals surface area contributed by atoms with E-state index >= 15 is 0 Å². The quantitative estimate of drug-likeness (QED) is 0.494. The standard InChI is InChI=1S/C25H26N8O/c1-15-7-8-21(33-28-9-10-29-33)24(30-15)25(34)32-18-11-17(12-18)16(2)22(32)13-27-23-14-26-19-5-3-4-6-20(19)31-23/h3-10,14,16-18,22H,11-13H2,1-2H3,(H,27,31)/t16?,17?,18?,22-/m1/s1. The molecule has 3 aromatic heterocycles. The van der Waals surface area contributed by atoms with E-state index in [1.807, 2.05) is 48.2 Å². The first kappa shape index (κ1) is 20.7. The van der Waals surface area contributed by atoms with Gasteiger partial charge in [0.05, 0.1) is 35.7 Å². The van der Waals surface area contributed by atoms with Crippen LogP contribution in [0.25, 0.3) is 16.7 Å². The molecule has 9 heteroatoms. The third kappa shape index (κ3) is 3.48. The van der Waals surface area contributed by atoms with Crippen molar-refractivity contribution in [2.24, 2.45) is 11.8 Å². The molecule has 2 atom stereocenters. The number of rotatable bonds is 5. The highest BCUT2D eigenvalue weighted by Crippen LogP contribution is 2.47. The van der Waals surface area contributed by atoms with Crippen molar-refractivity contribution in [2.75, 3.05) is 11.9 Å². The Morgan fingerprint density at radius 1 is 1.06 bits per heavy atom. The average molecular weight is 455 g/mol. The minimum Gasteiger partial charge on any atom is -0.367 e. The van der Waals surface area contributed by atoms with Gasteiger partial charge in [-0.2, -0.15) is 10.2 Å². The maximum atomic E-state index is 14.0. The highest BCUT2D eigenvalue weighted by molar-refractivity contribution is 5.96. The summed E-state index contributed by atoms with van der Waals surface area (Å²) < 4.78 is 0. The van der Waals surface area contributed by atoms with E-state index in [1.165, 1.54) is 4.80 Å². The zero-order valence-electron chi connectivity index (χ0n) is 19.2. The van der Waals surface area contributed by atoms with Crippen LogP contribution in [-0.2, 0) is 0 Å². The molecule has 34 heavy (non-hydrogen) atoms. The number of hydrogen-bond donors (Lipinski definition) is 1. The summed E-state index contributed by atoms with van der Waals surface area (Å²) in [5, 5.41) is 11.9. The van der Waals surface area contributed by atoms with Gasteiger partial charge in [-0.15, -0.1) is 4.80 Å². The molecule has 9 nitrogen and oxygen atoms in total. The summed E-state index contributed by atoms with van der Waals surface area (Å²) in [5.74, 6) is 1.65. The van der Waals surface area contributed by atoms with Gasteiger partial charge in [-0.3, -0.25) is 9.78 Å². The molecule has 1 N–H and O–H groups in total. The number of anilines is 1. The van der Waals surface area contributed by atoms with E-state index in [4.69, 9.17) is 4.98 Å². The van der Waals surface area contributed by atoms with Crippen molar-refractivity contribution in [3.05, 3.63) is 66.4 Å². The van der Waals surface area contributed by atoms with Gasteiger partial charge in [-0.25, -0.2) is 9.97 Å². The van der Waals surface area contributed by atoms with Crippen molar-refractivity contribution >= 4 is 22.8 Å². The number of aromatic nitrogens is 6. The molecule has 172 valence electrons. The molecule has 1 aromatic carbocycles. The lowest BCUT2D eigenvalue weighted by molar-refractivity contribution is -0.0505. The van der Waals surface area contributed by atoms with Crippen LogP contribution in [0.5, 0.6) is 0 Å². The van der Waals surface area contributed by atoms with E-state index in [-0.39, 0.29) is 18.0 Å². The summed E-state index contributed by atoms with van der Waals surface area (Å²) in [5.41, 5.74) is 3.49. The first-order valence-corrected chi connectivity index (χ1v) is 11.7. The molecule has 7 rings (SSSR count). The van der Waals surface area contributed by atoms with Gasteiger partial charge in [0.2, 0.25) is 0 Å². The third-order valence-electron chi connectivity index (χ3n) is 7.28. The smallest absolute Gasteiger partial charge is 0.275 e. The highest BCUT2D eigenvalue weighted by Gasteiger charge is 2.51. The van der Waals surface area contributed by atoms with Crippen LogP contribution in [0, 0.1) is 18.8 Å². The Morgan fingerprint density at radius 2 is 1.82 bits per heavy atom. The monoisotopic (exact) mass is 454 g/mol. The van der Waals surface area contributed by atoms with Crippen LogP contribution in [-0.4, -0.2) is 59.4 Å². The van der Waals surface area contributed by atoms with E-state index in [9.17, 15) is 4.79 Å². The molecule has 5 heterocycles. The minimum absolute atomic E-state index is 0.0269. The number of pyridine rings is 1. The Labute approximate surface area is 197 Å². The predicted octanol–water partition coefficient (Wildman–Crippen LogP) is 3.27. The lowest BCUT2D eigenvalue weighted by Crippen LogP contribution is -2.64. The summed E-state index contributed by atoms with van der Waals surface area (Å²) in [6.07, 6.45) is 7.04. The summed E-state index contributed by atoms with van der Waals surface area (Å²) in [4.78, 5) is 31.3. The molecule has 3 aliphatic rings. The van der Waals surface area contributed by atoms with Crippen molar-refractivity contribution in [3.8, 4) is 5.69 Å². The van der Waals surface area contributed by atoms with Crippen LogP contribution in [0.15, 0.2) is 55.0 Å². The molecule has 1 unspecified atom stereocenters. The number of amides is 1. The van der Waals surface area contributed by atoms with E-state index < -0.39 is 0 Å². The molecule has 2 aliphatic heterocycles. The number of hydrogen-bond acceptors (Lipinski definition) is 7. The van der Waals surface area contributed by atoms with Gasteiger partial charge in [0.25, 0.3) is 5.91 Å². The fourth-order valence-electron chi connectivity index (χ4n) is 5.31. The summed E-state index contributed by atoms with van der Waals surface area (Å²) in [6, 6.07) is 11.8.